The number of rotatable bonds is 11. The van der Waals surface area contributed by atoms with Crippen LogP contribution in [-0.4, -0.2) is 57.2 Å². The number of nitrogens with zero attached hydrogens (tertiary/aromatic N) is 1. The third-order valence-electron chi connectivity index (χ3n) is 4.89. The number of ether oxygens (including phenoxy) is 3. The highest BCUT2D eigenvalue weighted by Gasteiger charge is 2.12. The van der Waals surface area contributed by atoms with Gasteiger partial charge in [-0.1, -0.05) is 31.7 Å². The van der Waals surface area contributed by atoms with Crippen LogP contribution in [0, 0.1) is 0 Å². The Balaban J connectivity index is 1.82. The van der Waals surface area contributed by atoms with E-state index in [-0.39, 0.29) is 13.2 Å². The normalized spacial score (nSPS) is 15.6. The Labute approximate surface area is 174 Å². The molecule has 0 amide bonds. The average Bonchev–Trinajstić information content (AvgIpc) is 3.02. The fraction of sp³-hybridized carbons (Fsp3) is 0.682. The number of aliphatic hydroxyl groups excluding tert-OH is 1. The molecule has 1 saturated carbocycles. The lowest BCUT2D eigenvalue weighted by Gasteiger charge is -2.17. The van der Waals surface area contributed by atoms with E-state index >= 15 is 0 Å². The molecule has 1 fully saturated rings. The Morgan fingerprint density at radius 1 is 1.10 bits per heavy atom. The number of aliphatic imine (C=N–C) groups is 1. The monoisotopic (exact) mass is 407 g/mol. The first-order valence-corrected chi connectivity index (χ1v) is 10.8. The van der Waals surface area contributed by atoms with E-state index in [9.17, 15) is 0 Å². The number of hydrogen-bond donors (Lipinski definition) is 3. The summed E-state index contributed by atoms with van der Waals surface area (Å²) >= 11 is 0. The van der Waals surface area contributed by atoms with Gasteiger partial charge in [0, 0.05) is 13.1 Å². The van der Waals surface area contributed by atoms with Gasteiger partial charge in [-0.15, -0.1) is 0 Å². The van der Waals surface area contributed by atoms with Gasteiger partial charge in [0.1, 0.15) is 6.61 Å². The van der Waals surface area contributed by atoms with E-state index in [2.05, 4.69) is 22.5 Å². The number of aliphatic hydroxyl groups is 1. The highest BCUT2D eigenvalue weighted by Crippen LogP contribution is 2.28. The van der Waals surface area contributed by atoms with Gasteiger partial charge >= 0.3 is 0 Å². The molecule has 0 radical (unpaired) electrons. The predicted octanol–water partition coefficient (Wildman–Crippen LogP) is 2.86. The summed E-state index contributed by atoms with van der Waals surface area (Å²) in [5, 5.41) is 15.5. The minimum absolute atomic E-state index is 0.0304. The molecular weight excluding hydrogens is 370 g/mol. The van der Waals surface area contributed by atoms with Crippen molar-refractivity contribution in [1.29, 1.82) is 0 Å². The minimum atomic E-state index is -0.0304. The zero-order chi connectivity index (χ0) is 20.7. The van der Waals surface area contributed by atoms with Gasteiger partial charge < -0.3 is 30.0 Å². The summed E-state index contributed by atoms with van der Waals surface area (Å²) in [4.78, 5) is 4.65. The Kier molecular flexibility index (Phi) is 11.3. The summed E-state index contributed by atoms with van der Waals surface area (Å²) < 4.78 is 16.9. The van der Waals surface area contributed by atoms with E-state index in [1.54, 1.807) is 7.11 Å². The molecule has 2 rings (SSSR count). The molecule has 0 saturated heterocycles. The third-order valence-corrected chi connectivity index (χ3v) is 4.89. The lowest BCUT2D eigenvalue weighted by atomic mass is 10.1. The summed E-state index contributed by atoms with van der Waals surface area (Å²) in [7, 11) is 1.61. The van der Waals surface area contributed by atoms with Gasteiger partial charge in [-0.3, -0.25) is 0 Å². The van der Waals surface area contributed by atoms with E-state index in [0.29, 0.717) is 30.8 Å². The molecular formula is C22H37N3O4. The molecule has 164 valence electrons. The number of guanidine groups is 1. The first kappa shape index (κ1) is 23.3. The molecule has 1 aromatic rings. The van der Waals surface area contributed by atoms with Gasteiger partial charge in [-0.25, -0.2) is 4.99 Å². The first-order valence-electron chi connectivity index (χ1n) is 10.8. The van der Waals surface area contributed by atoms with Crippen molar-refractivity contribution in [3.63, 3.8) is 0 Å². The topological polar surface area (TPSA) is 84.3 Å². The van der Waals surface area contributed by atoms with Crippen LogP contribution in [0.25, 0.3) is 0 Å². The Morgan fingerprint density at radius 2 is 1.90 bits per heavy atom. The van der Waals surface area contributed by atoms with Crippen LogP contribution < -0.4 is 20.1 Å². The van der Waals surface area contributed by atoms with E-state index in [1.807, 2.05) is 18.2 Å². The lowest BCUT2D eigenvalue weighted by Crippen LogP contribution is -2.39. The molecule has 1 aliphatic rings. The van der Waals surface area contributed by atoms with Crippen molar-refractivity contribution < 1.29 is 19.3 Å². The van der Waals surface area contributed by atoms with Crippen LogP contribution >= 0.6 is 0 Å². The maximum atomic E-state index is 8.91. The summed E-state index contributed by atoms with van der Waals surface area (Å²) in [5.74, 6) is 2.03. The maximum Gasteiger partial charge on any atom is 0.191 e. The lowest BCUT2D eigenvalue weighted by molar-refractivity contribution is 0.0468. The fourth-order valence-electron chi connectivity index (χ4n) is 3.40. The van der Waals surface area contributed by atoms with Gasteiger partial charge in [0.05, 0.1) is 33.0 Å². The molecule has 7 heteroatoms. The van der Waals surface area contributed by atoms with Gasteiger partial charge in [0.2, 0.25) is 0 Å². The van der Waals surface area contributed by atoms with Crippen molar-refractivity contribution >= 4 is 5.96 Å². The molecule has 1 aliphatic carbocycles. The first-order chi connectivity index (χ1) is 14.3. The Morgan fingerprint density at radius 3 is 2.59 bits per heavy atom. The van der Waals surface area contributed by atoms with E-state index in [0.717, 1.165) is 24.6 Å². The highest BCUT2D eigenvalue weighted by atomic mass is 16.5. The van der Waals surface area contributed by atoms with Crippen LogP contribution in [0.2, 0.25) is 0 Å². The van der Waals surface area contributed by atoms with Crippen LogP contribution in [-0.2, 0) is 11.3 Å². The van der Waals surface area contributed by atoms with E-state index < -0.39 is 0 Å². The second kappa shape index (κ2) is 14.1. The highest BCUT2D eigenvalue weighted by molar-refractivity contribution is 5.79. The van der Waals surface area contributed by atoms with Crippen molar-refractivity contribution in [3.8, 4) is 11.5 Å². The second-order valence-electron chi connectivity index (χ2n) is 7.16. The SMILES string of the molecule is CCNC(=NCc1ccc(OCCO)c(OC)c1)NCCOC1CCCCCC1. The fourth-order valence-corrected chi connectivity index (χ4v) is 3.40. The van der Waals surface area contributed by atoms with Gasteiger partial charge in [-0.05, 0) is 37.5 Å². The molecule has 1 aromatic carbocycles. The van der Waals surface area contributed by atoms with Crippen LogP contribution in [0.15, 0.2) is 23.2 Å². The van der Waals surface area contributed by atoms with Gasteiger partial charge in [-0.2, -0.15) is 0 Å². The molecule has 0 heterocycles. The molecule has 0 bridgehead atoms. The second-order valence-corrected chi connectivity index (χ2v) is 7.16. The number of hydrogen-bond acceptors (Lipinski definition) is 5. The van der Waals surface area contributed by atoms with Crippen LogP contribution in [0.5, 0.6) is 11.5 Å². The average molecular weight is 408 g/mol. The molecule has 0 aromatic heterocycles. The van der Waals surface area contributed by atoms with Crippen LogP contribution in [0.3, 0.4) is 0 Å². The van der Waals surface area contributed by atoms with E-state index in [4.69, 9.17) is 19.3 Å². The Bertz CT molecular complexity index is 602. The Hall–Kier alpha value is -1.99. The molecule has 29 heavy (non-hydrogen) atoms. The zero-order valence-electron chi connectivity index (χ0n) is 17.9. The quantitative estimate of drug-likeness (QED) is 0.226. The molecule has 3 N–H and O–H groups in total. The smallest absolute Gasteiger partial charge is 0.191 e. The van der Waals surface area contributed by atoms with Gasteiger partial charge in [0.25, 0.3) is 0 Å². The molecule has 7 nitrogen and oxygen atoms in total. The largest absolute Gasteiger partial charge is 0.493 e. The summed E-state index contributed by atoms with van der Waals surface area (Å²) in [6, 6.07) is 5.71. The van der Waals surface area contributed by atoms with Crippen LogP contribution in [0.1, 0.15) is 51.0 Å². The number of benzene rings is 1. The van der Waals surface area contributed by atoms with Crippen LogP contribution in [0.4, 0.5) is 0 Å². The van der Waals surface area contributed by atoms with E-state index in [1.165, 1.54) is 38.5 Å². The molecule has 0 aliphatic heterocycles. The zero-order valence-corrected chi connectivity index (χ0v) is 17.9. The number of nitrogens with one attached hydrogen (secondary N) is 2. The molecule has 0 spiro atoms. The van der Waals surface area contributed by atoms with Crippen molar-refractivity contribution in [3.05, 3.63) is 23.8 Å². The number of methoxy groups -OCH3 is 1. The van der Waals surface area contributed by atoms with Crippen molar-refractivity contribution in [2.24, 2.45) is 4.99 Å². The molecule has 0 atom stereocenters. The summed E-state index contributed by atoms with van der Waals surface area (Å²) in [6.07, 6.45) is 8.05. The van der Waals surface area contributed by atoms with Crippen molar-refractivity contribution in [2.75, 3.05) is 40.0 Å². The minimum Gasteiger partial charge on any atom is -0.493 e. The molecule has 0 unspecified atom stereocenters. The summed E-state index contributed by atoms with van der Waals surface area (Å²) in [6.45, 7) is 5.01. The predicted molar refractivity (Wildman–Crippen MR) is 116 cm³/mol. The summed E-state index contributed by atoms with van der Waals surface area (Å²) in [5.41, 5.74) is 1.02. The maximum absolute atomic E-state index is 8.91. The van der Waals surface area contributed by atoms with Gasteiger partial charge in [0.15, 0.2) is 17.5 Å². The van der Waals surface area contributed by atoms with Crippen molar-refractivity contribution in [2.45, 2.75) is 58.1 Å². The third kappa shape index (κ3) is 8.92. The van der Waals surface area contributed by atoms with Crippen molar-refractivity contribution in [1.82, 2.24) is 10.6 Å². The standard InChI is InChI=1S/C22H37N3O4/c1-3-23-22(24-12-14-28-19-8-6-4-5-7-9-19)25-17-18-10-11-20(29-15-13-26)21(16-18)27-2/h10-11,16,19,26H,3-9,12-15,17H2,1-2H3,(H2,23,24,25).